The van der Waals surface area contributed by atoms with Crippen LogP contribution >= 0.6 is 0 Å². The van der Waals surface area contributed by atoms with Gasteiger partial charge < -0.3 is 5.32 Å². The Kier molecular flexibility index (Phi) is 3.11. The number of halogens is 3. The monoisotopic (exact) mass is 203 g/mol. The molecule has 0 aliphatic carbocycles. The number of hydrogen-bond donors (Lipinski definition) is 1. The highest BCUT2D eigenvalue weighted by Gasteiger charge is 2.14. The fraction of sp³-hybridized carbons (Fsp3) is 0.222. The molecule has 14 heavy (non-hydrogen) atoms. The Morgan fingerprint density at radius 1 is 1.29 bits per heavy atom. The Hall–Kier alpha value is -1.52. The van der Waals surface area contributed by atoms with Crippen molar-refractivity contribution < 1.29 is 18.0 Å². The van der Waals surface area contributed by atoms with Gasteiger partial charge in [0.15, 0.2) is 17.5 Å². The van der Waals surface area contributed by atoms with E-state index in [2.05, 4.69) is 5.32 Å². The Balaban J connectivity index is 3.00. The van der Waals surface area contributed by atoms with Crippen molar-refractivity contribution in [2.75, 3.05) is 5.32 Å². The van der Waals surface area contributed by atoms with Gasteiger partial charge in [-0.15, -0.1) is 0 Å². The highest BCUT2D eigenvalue weighted by atomic mass is 19.2. The summed E-state index contributed by atoms with van der Waals surface area (Å²) in [5.41, 5.74) is -0.351. The van der Waals surface area contributed by atoms with Crippen molar-refractivity contribution in [2.24, 2.45) is 0 Å². The molecule has 0 saturated carbocycles. The van der Waals surface area contributed by atoms with Gasteiger partial charge in [0.25, 0.3) is 0 Å². The van der Waals surface area contributed by atoms with E-state index < -0.39 is 23.4 Å². The third-order valence-corrected chi connectivity index (χ3v) is 1.63. The molecule has 0 bridgehead atoms. The maximum absolute atomic E-state index is 12.9. The van der Waals surface area contributed by atoms with Crippen molar-refractivity contribution >= 4 is 11.6 Å². The van der Waals surface area contributed by atoms with E-state index in [-0.39, 0.29) is 12.1 Å². The average Bonchev–Trinajstić information content (AvgIpc) is 2.19. The lowest BCUT2D eigenvalue weighted by atomic mass is 10.2. The summed E-state index contributed by atoms with van der Waals surface area (Å²) in [7, 11) is 0. The number of anilines is 1. The lowest BCUT2D eigenvalue weighted by Gasteiger charge is -2.05. The summed E-state index contributed by atoms with van der Waals surface area (Å²) >= 11 is 0. The third-order valence-electron chi connectivity index (χ3n) is 1.63. The number of carbonyl (C=O) groups excluding carboxylic acids is 1. The van der Waals surface area contributed by atoms with Gasteiger partial charge in [0.05, 0.1) is 5.69 Å². The van der Waals surface area contributed by atoms with Crippen molar-refractivity contribution in [1.29, 1.82) is 0 Å². The summed E-state index contributed by atoms with van der Waals surface area (Å²) in [5, 5.41) is 2.11. The average molecular weight is 203 g/mol. The van der Waals surface area contributed by atoms with E-state index in [1.807, 2.05) is 0 Å². The van der Waals surface area contributed by atoms with Crippen molar-refractivity contribution in [3.63, 3.8) is 0 Å². The zero-order valence-electron chi connectivity index (χ0n) is 7.40. The van der Waals surface area contributed by atoms with E-state index in [0.29, 0.717) is 0 Å². The molecule has 76 valence electrons. The summed E-state index contributed by atoms with van der Waals surface area (Å²) < 4.78 is 38.0. The first-order chi connectivity index (χ1) is 6.56. The zero-order valence-corrected chi connectivity index (χ0v) is 7.40. The van der Waals surface area contributed by atoms with Crippen LogP contribution < -0.4 is 5.32 Å². The largest absolute Gasteiger partial charge is 0.324 e. The molecule has 0 aliphatic rings. The van der Waals surface area contributed by atoms with Crippen LogP contribution in [0.4, 0.5) is 18.9 Å². The molecule has 0 unspecified atom stereocenters. The van der Waals surface area contributed by atoms with Gasteiger partial charge in [-0.2, -0.15) is 0 Å². The van der Waals surface area contributed by atoms with Gasteiger partial charge in [0, 0.05) is 6.42 Å². The molecule has 1 aromatic rings. The van der Waals surface area contributed by atoms with Gasteiger partial charge >= 0.3 is 0 Å². The highest BCUT2D eigenvalue weighted by molar-refractivity contribution is 5.90. The number of benzene rings is 1. The molecule has 0 radical (unpaired) electrons. The molecule has 0 spiro atoms. The van der Waals surface area contributed by atoms with E-state index in [1.165, 1.54) is 0 Å². The second kappa shape index (κ2) is 4.13. The molecule has 1 aromatic carbocycles. The number of carbonyl (C=O) groups is 1. The van der Waals surface area contributed by atoms with Crippen LogP contribution in [0, 0.1) is 17.5 Å². The Morgan fingerprint density at radius 3 is 2.50 bits per heavy atom. The van der Waals surface area contributed by atoms with E-state index in [0.717, 1.165) is 12.1 Å². The molecule has 0 aromatic heterocycles. The molecular formula is C9H8F3NO. The van der Waals surface area contributed by atoms with Crippen LogP contribution in [-0.4, -0.2) is 5.91 Å². The molecule has 1 amide bonds. The standard InChI is InChI=1S/C9H8F3NO/c1-2-7(14)13-6-4-3-5(10)8(11)9(6)12/h3-4H,2H2,1H3,(H,13,14). The van der Waals surface area contributed by atoms with Crippen molar-refractivity contribution in [1.82, 2.24) is 0 Å². The minimum atomic E-state index is -1.58. The zero-order chi connectivity index (χ0) is 10.7. The lowest BCUT2D eigenvalue weighted by Crippen LogP contribution is -2.11. The van der Waals surface area contributed by atoms with E-state index in [1.54, 1.807) is 6.92 Å². The molecule has 0 atom stereocenters. The molecule has 0 heterocycles. The van der Waals surface area contributed by atoms with Crippen LogP contribution in [-0.2, 0) is 4.79 Å². The van der Waals surface area contributed by atoms with Crippen LogP contribution in [0.1, 0.15) is 13.3 Å². The van der Waals surface area contributed by atoms with Gasteiger partial charge in [-0.25, -0.2) is 13.2 Å². The molecule has 5 heteroatoms. The maximum atomic E-state index is 12.9. The molecule has 0 fully saturated rings. The molecule has 2 nitrogen and oxygen atoms in total. The summed E-state index contributed by atoms with van der Waals surface area (Å²) in [6.07, 6.45) is 0.137. The van der Waals surface area contributed by atoms with Gasteiger partial charge in [-0.1, -0.05) is 6.92 Å². The second-order valence-electron chi connectivity index (χ2n) is 2.62. The molecule has 1 rings (SSSR count). The summed E-state index contributed by atoms with van der Waals surface area (Å²) in [5.74, 6) is -4.71. The van der Waals surface area contributed by atoms with E-state index in [4.69, 9.17) is 0 Å². The minimum Gasteiger partial charge on any atom is -0.324 e. The number of amides is 1. The SMILES string of the molecule is CCC(=O)Nc1ccc(F)c(F)c1F. The minimum absolute atomic E-state index is 0.137. The molecule has 0 saturated heterocycles. The topological polar surface area (TPSA) is 29.1 Å². The second-order valence-corrected chi connectivity index (χ2v) is 2.62. The molecule has 1 N–H and O–H groups in total. The van der Waals surface area contributed by atoms with Gasteiger partial charge in [0.2, 0.25) is 5.91 Å². The summed E-state index contributed by atoms with van der Waals surface area (Å²) in [6, 6.07) is 1.73. The number of rotatable bonds is 2. The number of nitrogens with one attached hydrogen (secondary N) is 1. The molecular weight excluding hydrogens is 195 g/mol. The van der Waals surface area contributed by atoms with Gasteiger partial charge in [-0.3, -0.25) is 4.79 Å². The Bertz CT molecular complexity index is 365. The van der Waals surface area contributed by atoms with Crippen LogP contribution in [0.2, 0.25) is 0 Å². The Morgan fingerprint density at radius 2 is 1.93 bits per heavy atom. The predicted octanol–water partition coefficient (Wildman–Crippen LogP) is 2.45. The van der Waals surface area contributed by atoms with Gasteiger partial charge in [0.1, 0.15) is 0 Å². The van der Waals surface area contributed by atoms with Crippen LogP contribution in [0.15, 0.2) is 12.1 Å². The van der Waals surface area contributed by atoms with Crippen LogP contribution in [0.5, 0.6) is 0 Å². The van der Waals surface area contributed by atoms with Crippen molar-refractivity contribution in [3.05, 3.63) is 29.6 Å². The summed E-state index contributed by atoms with van der Waals surface area (Å²) in [4.78, 5) is 10.8. The number of hydrogen-bond acceptors (Lipinski definition) is 1. The third kappa shape index (κ3) is 2.04. The fourth-order valence-corrected chi connectivity index (χ4v) is 0.861. The first-order valence-corrected chi connectivity index (χ1v) is 3.99. The first kappa shape index (κ1) is 10.6. The molecule has 0 aliphatic heterocycles. The predicted molar refractivity (Wildman–Crippen MR) is 45.2 cm³/mol. The normalized spacial score (nSPS) is 10.0. The summed E-state index contributed by atoms with van der Waals surface area (Å²) in [6.45, 7) is 1.56. The van der Waals surface area contributed by atoms with Crippen molar-refractivity contribution in [2.45, 2.75) is 13.3 Å². The van der Waals surface area contributed by atoms with E-state index in [9.17, 15) is 18.0 Å². The lowest BCUT2D eigenvalue weighted by molar-refractivity contribution is -0.115. The van der Waals surface area contributed by atoms with Crippen molar-refractivity contribution in [3.8, 4) is 0 Å². The first-order valence-electron chi connectivity index (χ1n) is 3.99. The van der Waals surface area contributed by atoms with Gasteiger partial charge in [-0.05, 0) is 12.1 Å². The fourth-order valence-electron chi connectivity index (χ4n) is 0.861. The van der Waals surface area contributed by atoms with E-state index >= 15 is 0 Å². The maximum Gasteiger partial charge on any atom is 0.224 e. The van der Waals surface area contributed by atoms with Crippen LogP contribution in [0.3, 0.4) is 0 Å². The smallest absolute Gasteiger partial charge is 0.224 e. The Labute approximate surface area is 78.7 Å². The van der Waals surface area contributed by atoms with Crippen LogP contribution in [0.25, 0.3) is 0 Å². The highest BCUT2D eigenvalue weighted by Crippen LogP contribution is 2.19. The quantitative estimate of drug-likeness (QED) is 0.735.